The Morgan fingerprint density at radius 3 is 2.85 bits per heavy atom. The number of rotatable bonds is 3. The summed E-state index contributed by atoms with van der Waals surface area (Å²) in [5.41, 5.74) is 5.05. The largest absolute Gasteiger partial charge is 0.378 e. The molecule has 2 saturated heterocycles. The fourth-order valence-electron chi connectivity index (χ4n) is 3.89. The van der Waals surface area contributed by atoms with Gasteiger partial charge in [-0.05, 0) is 35.9 Å². The Morgan fingerprint density at radius 2 is 1.96 bits per heavy atom. The molecular formula is C20H22N4O3. The summed E-state index contributed by atoms with van der Waals surface area (Å²) in [6.07, 6.45) is 0.705. The maximum atomic E-state index is 10.5. The highest BCUT2D eigenvalue weighted by Gasteiger charge is 2.35. The van der Waals surface area contributed by atoms with Gasteiger partial charge >= 0.3 is 0 Å². The van der Waals surface area contributed by atoms with E-state index in [-0.39, 0.29) is 6.04 Å². The number of nitrogens with one attached hydrogen (secondary N) is 1. The number of aromatic nitrogens is 2. The quantitative estimate of drug-likeness (QED) is 0.741. The number of morpholine rings is 1. The lowest BCUT2D eigenvalue weighted by molar-refractivity contribution is -0.0575. The number of hydrogen-bond donors (Lipinski definition) is 2. The molecule has 0 spiro atoms. The minimum absolute atomic E-state index is 0.0543. The number of nitrogens with zero attached hydrogens (tertiary/aromatic N) is 3. The van der Waals surface area contributed by atoms with Crippen LogP contribution in [0.5, 0.6) is 0 Å². The van der Waals surface area contributed by atoms with Crippen LogP contribution in [0.3, 0.4) is 0 Å². The van der Waals surface area contributed by atoms with Crippen LogP contribution < -0.4 is 9.80 Å². The molecule has 0 saturated carbocycles. The van der Waals surface area contributed by atoms with Gasteiger partial charge in [-0.2, -0.15) is 0 Å². The van der Waals surface area contributed by atoms with Gasteiger partial charge < -0.3 is 29.4 Å². The number of fused-ring (bicyclic) bond motifs is 1. The van der Waals surface area contributed by atoms with Crippen LogP contribution in [-0.2, 0) is 9.47 Å². The third kappa shape index (κ3) is 3.03. The zero-order valence-corrected chi connectivity index (χ0v) is 14.9. The molecule has 7 heteroatoms. The predicted octanol–water partition coefficient (Wildman–Crippen LogP) is 2.25. The van der Waals surface area contributed by atoms with E-state index in [9.17, 15) is 5.11 Å². The van der Waals surface area contributed by atoms with Crippen molar-refractivity contribution in [2.75, 3.05) is 42.7 Å². The fourth-order valence-corrected chi connectivity index (χ4v) is 3.89. The van der Waals surface area contributed by atoms with Crippen molar-refractivity contribution in [2.45, 2.75) is 12.5 Å². The van der Waals surface area contributed by atoms with Crippen molar-refractivity contribution in [1.82, 2.24) is 9.97 Å². The smallest absolute Gasteiger partial charge is 0.238 e. The minimum atomic E-state index is -0.970. The van der Waals surface area contributed by atoms with Crippen LogP contribution in [0.25, 0.3) is 11.0 Å². The minimum Gasteiger partial charge on any atom is -0.378 e. The second kappa shape index (κ2) is 6.84. The molecule has 2 N–H and O–H groups in total. The first-order valence-electron chi connectivity index (χ1n) is 9.23. The van der Waals surface area contributed by atoms with Crippen molar-refractivity contribution in [3.63, 3.8) is 0 Å². The summed E-state index contributed by atoms with van der Waals surface area (Å²) in [6.45, 7) is 3.74. The normalized spacial score (nSPS) is 23.3. The third-order valence-corrected chi connectivity index (χ3v) is 5.31. The summed E-state index contributed by atoms with van der Waals surface area (Å²) in [6, 6.07) is 14.4. The van der Waals surface area contributed by atoms with Crippen molar-refractivity contribution in [2.24, 2.45) is 0 Å². The van der Waals surface area contributed by atoms with E-state index in [2.05, 4.69) is 39.1 Å². The van der Waals surface area contributed by atoms with E-state index in [0.29, 0.717) is 6.61 Å². The lowest BCUT2D eigenvalue weighted by Crippen LogP contribution is -2.36. The number of aromatic amines is 1. The maximum Gasteiger partial charge on any atom is 0.238 e. The molecule has 27 heavy (non-hydrogen) atoms. The molecule has 0 amide bonds. The summed E-state index contributed by atoms with van der Waals surface area (Å²) < 4.78 is 11.0. The van der Waals surface area contributed by atoms with E-state index in [4.69, 9.17) is 9.47 Å². The van der Waals surface area contributed by atoms with E-state index < -0.39 is 6.41 Å². The molecule has 3 heterocycles. The second-order valence-corrected chi connectivity index (χ2v) is 6.88. The van der Waals surface area contributed by atoms with Gasteiger partial charge in [0.15, 0.2) is 0 Å². The molecule has 2 aliphatic heterocycles. The van der Waals surface area contributed by atoms with Crippen LogP contribution in [0.1, 0.15) is 11.6 Å². The zero-order chi connectivity index (χ0) is 18.2. The molecule has 3 aromatic rings. The van der Waals surface area contributed by atoms with Crippen molar-refractivity contribution in [1.29, 1.82) is 0 Å². The van der Waals surface area contributed by atoms with E-state index in [1.54, 1.807) is 6.33 Å². The van der Waals surface area contributed by atoms with Crippen molar-refractivity contribution in [3.05, 3.63) is 54.4 Å². The maximum absolute atomic E-state index is 10.5. The van der Waals surface area contributed by atoms with Crippen LogP contribution in [0.2, 0.25) is 0 Å². The summed E-state index contributed by atoms with van der Waals surface area (Å²) in [4.78, 5) is 11.6. The van der Waals surface area contributed by atoms with Crippen LogP contribution in [0.4, 0.5) is 11.4 Å². The first-order valence-corrected chi connectivity index (χ1v) is 9.23. The number of anilines is 2. The van der Waals surface area contributed by atoms with E-state index in [1.165, 1.54) is 5.69 Å². The molecule has 2 atom stereocenters. The van der Waals surface area contributed by atoms with Gasteiger partial charge in [0.2, 0.25) is 6.41 Å². The number of benzene rings is 2. The summed E-state index contributed by atoms with van der Waals surface area (Å²) in [7, 11) is 0. The number of H-pyrrole nitrogens is 1. The third-order valence-electron chi connectivity index (χ3n) is 5.31. The predicted molar refractivity (Wildman–Crippen MR) is 103 cm³/mol. The van der Waals surface area contributed by atoms with E-state index in [0.717, 1.165) is 48.6 Å². The van der Waals surface area contributed by atoms with Crippen LogP contribution in [0, 0.1) is 0 Å². The van der Waals surface area contributed by atoms with Gasteiger partial charge in [0.05, 0.1) is 43.2 Å². The SMILES string of the molecule is OC1OC[C@H](c2cccc(N3CCOCC3)c2)N1c1ccc2nc[nH]c2c1. The molecule has 0 bridgehead atoms. The zero-order valence-electron chi connectivity index (χ0n) is 14.9. The fraction of sp³-hybridized carbons (Fsp3) is 0.350. The van der Waals surface area contributed by atoms with E-state index in [1.807, 2.05) is 23.1 Å². The van der Waals surface area contributed by atoms with Gasteiger partial charge in [0.1, 0.15) is 0 Å². The van der Waals surface area contributed by atoms with Gasteiger partial charge in [0, 0.05) is 24.5 Å². The van der Waals surface area contributed by atoms with Gasteiger partial charge in [-0.15, -0.1) is 0 Å². The highest BCUT2D eigenvalue weighted by Crippen LogP contribution is 2.36. The first-order chi connectivity index (χ1) is 13.3. The molecule has 140 valence electrons. The van der Waals surface area contributed by atoms with Crippen molar-refractivity contribution < 1.29 is 14.6 Å². The average molecular weight is 366 g/mol. The average Bonchev–Trinajstić information content (AvgIpc) is 3.34. The summed E-state index contributed by atoms with van der Waals surface area (Å²) in [5, 5.41) is 10.5. The Labute approximate surface area is 157 Å². The molecule has 5 rings (SSSR count). The number of hydrogen-bond acceptors (Lipinski definition) is 6. The highest BCUT2D eigenvalue weighted by atomic mass is 16.6. The summed E-state index contributed by atoms with van der Waals surface area (Å²) >= 11 is 0. The van der Waals surface area contributed by atoms with Crippen molar-refractivity contribution in [3.8, 4) is 0 Å². The molecule has 0 radical (unpaired) electrons. The van der Waals surface area contributed by atoms with Gasteiger partial charge in [-0.3, -0.25) is 0 Å². The van der Waals surface area contributed by atoms with Crippen LogP contribution >= 0.6 is 0 Å². The monoisotopic (exact) mass is 366 g/mol. The van der Waals surface area contributed by atoms with Gasteiger partial charge in [-0.25, -0.2) is 4.98 Å². The van der Waals surface area contributed by atoms with E-state index >= 15 is 0 Å². The van der Waals surface area contributed by atoms with Crippen LogP contribution in [0.15, 0.2) is 48.8 Å². The number of aliphatic hydroxyl groups excluding tert-OH is 1. The molecule has 2 fully saturated rings. The van der Waals surface area contributed by atoms with Gasteiger partial charge in [-0.1, -0.05) is 12.1 Å². The number of aliphatic hydroxyl groups is 1. The molecule has 2 aliphatic rings. The lowest BCUT2D eigenvalue weighted by atomic mass is 10.0. The molecule has 1 unspecified atom stereocenters. The first kappa shape index (κ1) is 16.6. The highest BCUT2D eigenvalue weighted by molar-refractivity contribution is 5.79. The molecule has 2 aromatic carbocycles. The topological polar surface area (TPSA) is 73.9 Å². The second-order valence-electron chi connectivity index (χ2n) is 6.88. The molecular weight excluding hydrogens is 344 g/mol. The van der Waals surface area contributed by atoms with Crippen molar-refractivity contribution >= 4 is 22.4 Å². The molecule has 7 nitrogen and oxygen atoms in total. The Balaban J connectivity index is 1.47. The number of ether oxygens (including phenoxy) is 2. The Hall–Kier alpha value is -2.61. The standard InChI is InChI=1S/C20H22N4O3/c25-20-24(16-4-5-17-18(11-16)22-13-21-17)19(12-27-20)14-2-1-3-15(10-14)23-6-8-26-9-7-23/h1-5,10-11,13,19-20,25H,6-9,12H2,(H,21,22)/t19-,20?/m1/s1. The molecule has 0 aliphatic carbocycles. The Kier molecular flexibility index (Phi) is 4.20. The van der Waals surface area contributed by atoms with Gasteiger partial charge in [0.25, 0.3) is 0 Å². The lowest BCUT2D eigenvalue weighted by Gasteiger charge is -2.31. The van der Waals surface area contributed by atoms with Crippen LogP contribution in [-0.4, -0.2) is 54.4 Å². The Morgan fingerprint density at radius 1 is 1.07 bits per heavy atom. The summed E-state index contributed by atoms with van der Waals surface area (Å²) in [5.74, 6) is 0. The Bertz CT molecular complexity index is 938. The molecule has 1 aromatic heterocycles. The number of imidazole rings is 1.